The van der Waals surface area contributed by atoms with E-state index in [2.05, 4.69) is 5.10 Å². The average Bonchev–Trinajstić information content (AvgIpc) is 3.16. The summed E-state index contributed by atoms with van der Waals surface area (Å²) in [7, 11) is 0. The summed E-state index contributed by atoms with van der Waals surface area (Å²) in [4.78, 5) is 40.4. The highest BCUT2D eigenvalue weighted by Crippen LogP contribution is 2.23. The Balaban J connectivity index is 1.89. The van der Waals surface area contributed by atoms with Gasteiger partial charge in [-0.2, -0.15) is 5.10 Å². The smallest absolute Gasteiger partial charge is 0.267 e. The van der Waals surface area contributed by atoms with Gasteiger partial charge in [-0.1, -0.05) is 6.07 Å². The SMILES string of the molecule is CC(C)(C(=O)N1CCN(C=O)CC1)n1nc(-c2cccs2)ccc1=O. The second-order valence-electron chi connectivity index (χ2n) is 6.44. The van der Waals surface area contributed by atoms with E-state index in [-0.39, 0.29) is 11.5 Å². The van der Waals surface area contributed by atoms with Crippen LogP contribution in [-0.4, -0.2) is 58.1 Å². The molecule has 2 amide bonds. The van der Waals surface area contributed by atoms with E-state index in [1.54, 1.807) is 29.7 Å². The number of carbonyl (C=O) groups is 2. The van der Waals surface area contributed by atoms with E-state index < -0.39 is 5.54 Å². The summed E-state index contributed by atoms with van der Waals surface area (Å²) >= 11 is 1.53. The van der Waals surface area contributed by atoms with Gasteiger partial charge in [0, 0.05) is 32.2 Å². The van der Waals surface area contributed by atoms with Crippen LogP contribution in [0.1, 0.15) is 13.8 Å². The Kier molecular flexibility index (Phi) is 4.71. The lowest BCUT2D eigenvalue weighted by Gasteiger charge is -2.37. The quantitative estimate of drug-likeness (QED) is 0.763. The molecule has 0 N–H and O–H groups in total. The molecule has 0 bridgehead atoms. The monoisotopic (exact) mass is 360 g/mol. The summed E-state index contributed by atoms with van der Waals surface area (Å²) < 4.78 is 1.26. The summed E-state index contributed by atoms with van der Waals surface area (Å²) in [6.45, 7) is 5.33. The van der Waals surface area contributed by atoms with Gasteiger partial charge in [-0.25, -0.2) is 4.68 Å². The molecule has 3 rings (SSSR count). The first-order valence-electron chi connectivity index (χ1n) is 8.07. The van der Waals surface area contributed by atoms with E-state index in [0.29, 0.717) is 31.9 Å². The maximum atomic E-state index is 13.0. The molecule has 0 spiro atoms. The number of carbonyl (C=O) groups excluding carboxylic acids is 2. The predicted molar refractivity (Wildman–Crippen MR) is 95.3 cm³/mol. The Labute approximate surface area is 149 Å². The van der Waals surface area contributed by atoms with Crippen LogP contribution < -0.4 is 5.56 Å². The summed E-state index contributed by atoms with van der Waals surface area (Å²) in [6.07, 6.45) is 0.795. The van der Waals surface area contributed by atoms with E-state index >= 15 is 0 Å². The third kappa shape index (κ3) is 3.34. The third-order valence-corrected chi connectivity index (χ3v) is 5.27. The zero-order chi connectivity index (χ0) is 18.0. The second-order valence-corrected chi connectivity index (χ2v) is 7.39. The molecule has 0 aliphatic carbocycles. The largest absolute Gasteiger partial charge is 0.342 e. The minimum atomic E-state index is -1.10. The van der Waals surface area contributed by atoms with Crippen molar-refractivity contribution >= 4 is 23.7 Å². The average molecular weight is 360 g/mol. The van der Waals surface area contributed by atoms with Crippen LogP contribution in [0.15, 0.2) is 34.4 Å². The van der Waals surface area contributed by atoms with Crippen molar-refractivity contribution in [1.82, 2.24) is 19.6 Å². The Morgan fingerprint density at radius 3 is 2.52 bits per heavy atom. The molecule has 1 saturated heterocycles. The van der Waals surface area contributed by atoms with Crippen LogP contribution in [0.2, 0.25) is 0 Å². The van der Waals surface area contributed by atoms with Crippen molar-refractivity contribution in [3.05, 3.63) is 40.0 Å². The molecular formula is C17H20N4O3S. The minimum Gasteiger partial charge on any atom is -0.342 e. The van der Waals surface area contributed by atoms with Gasteiger partial charge in [0.2, 0.25) is 12.3 Å². The molecule has 1 fully saturated rings. The summed E-state index contributed by atoms with van der Waals surface area (Å²) in [6, 6.07) is 6.96. The lowest BCUT2D eigenvalue weighted by Crippen LogP contribution is -2.56. The number of nitrogens with zero attached hydrogens (tertiary/aromatic N) is 4. The van der Waals surface area contributed by atoms with Crippen LogP contribution in [0.3, 0.4) is 0 Å². The molecule has 1 aliphatic rings. The maximum absolute atomic E-state index is 13.0. The fourth-order valence-corrected chi connectivity index (χ4v) is 3.57. The maximum Gasteiger partial charge on any atom is 0.267 e. The zero-order valence-corrected chi connectivity index (χ0v) is 15.0. The highest BCUT2D eigenvalue weighted by molar-refractivity contribution is 7.13. The molecule has 0 saturated carbocycles. The Bertz CT molecular complexity index is 821. The first kappa shape index (κ1) is 17.3. The first-order chi connectivity index (χ1) is 11.9. The van der Waals surface area contributed by atoms with Crippen molar-refractivity contribution in [1.29, 1.82) is 0 Å². The molecule has 0 atom stereocenters. The van der Waals surface area contributed by atoms with Crippen molar-refractivity contribution < 1.29 is 9.59 Å². The van der Waals surface area contributed by atoms with Gasteiger partial charge in [0.05, 0.1) is 4.88 Å². The molecule has 0 unspecified atom stereocenters. The topological polar surface area (TPSA) is 75.5 Å². The van der Waals surface area contributed by atoms with Crippen LogP contribution in [-0.2, 0) is 15.1 Å². The predicted octanol–water partition coefficient (Wildman–Crippen LogP) is 1.01. The van der Waals surface area contributed by atoms with Crippen molar-refractivity contribution in [2.45, 2.75) is 19.4 Å². The van der Waals surface area contributed by atoms with Gasteiger partial charge in [0.1, 0.15) is 11.2 Å². The molecule has 2 aromatic rings. The van der Waals surface area contributed by atoms with Crippen LogP contribution in [0.25, 0.3) is 10.6 Å². The minimum absolute atomic E-state index is 0.170. The van der Waals surface area contributed by atoms with E-state index in [1.165, 1.54) is 22.1 Å². The number of hydrogen-bond acceptors (Lipinski definition) is 5. The van der Waals surface area contributed by atoms with E-state index in [9.17, 15) is 14.4 Å². The second kappa shape index (κ2) is 6.79. The molecule has 3 heterocycles. The van der Waals surface area contributed by atoms with Crippen molar-refractivity contribution in [3.63, 3.8) is 0 Å². The molecule has 7 nitrogen and oxygen atoms in total. The van der Waals surface area contributed by atoms with Crippen molar-refractivity contribution in [2.24, 2.45) is 0 Å². The normalized spacial score (nSPS) is 15.3. The van der Waals surface area contributed by atoms with Gasteiger partial charge in [0.25, 0.3) is 5.56 Å². The molecule has 25 heavy (non-hydrogen) atoms. The first-order valence-corrected chi connectivity index (χ1v) is 8.95. The summed E-state index contributed by atoms with van der Waals surface area (Å²) in [5.41, 5.74) is -0.750. The highest BCUT2D eigenvalue weighted by Gasteiger charge is 2.37. The number of hydrogen-bond donors (Lipinski definition) is 0. The number of piperazine rings is 1. The molecular weight excluding hydrogens is 340 g/mol. The summed E-state index contributed by atoms with van der Waals surface area (Å²) in [5.74, 6) is -0.170. The van der Waals surface area contributed by atoms with Crippen LogP contribution >= 0.6 is 11.3 Å². The standard InChI is InChI=1S/C17H20N4O3S/c1-17(2,16(24)20-9-7-19(12-22)8-10-20)21-15(23)6-5-13(18-21)14-4-3-11-25-14/h3-6,11-12H,7-10H2,1-2H3. The molecule has 8 heteroatoms. The number of amides is 2. The van der Waals surface area contributed by atoms with Crippen molar-refractivity contribution in [2.75, 3.05) is 26.2 Å². The van der Waals surface area contributed by atoms with Gasteiger partial charge in [0.15, 0.2) is 0 Å². The number of rotatable bonds is 4. The zero-order valence-electron chi connectivity index (χ0n) is 14.2. The fraction of sp³-hybridized carbons (Fsp3) is 0.412. The Hall–Kier alpha value is -2.48. The lowest BCUT2D eigenvalue weighted by molar-refractivity contribution is -0.143. The van der Waals surface area contributed by atoms with E-state index in [1.807, 2.05) is 17.5 Å². The molecule has 2 aromatic heterocycles. The molecule has 0 aromatic carbocycles. The van der Waals surface area contributed by atoms with Crippen LogP contribution in [0.4, 0.5) is 0 Å². The molecule has 0 radical (unpaired) electrons. The third-order valence-electron chi connectivity index (χ3n) is 4.38. The molecule has 1 aliphatic heterocycles. The van der Waals surface area contributed by atoms with E-state index in [4.69, 9.17) is 0 Å². The van der Waals surface area contributed by atoms with Crippen LogP contribution in [0, 0.1) is 0 Å². The Morgan fingerprint density at radius 1 is 1.20 bits per heavy atom. The van der Waals surface area contributed by atoms with Gasteiger partial charge in [-0.3, -0.25) is 14.4 Å². The van der Waals surface area contributed by atoms with Gasteiger partial charge < -0.3 is 9.80 Å². The van der Waals surface area contributed by atoms with Crippen molar-refractivity contribution in [3.8, 4) is 10.6 Å². The summed E-state index contributed by atoms with van der Waals surface area (Å²) in [5, 5.41) is 6.37. The molecule has 132 valence electrons. The van der Waals surface area contributed by atoms with E-state index in [0.717, 1.165) is 11.3 Å². The lowest BCUT2D eigenvalue weighted by atomic mass is 10.0. The number of thiophene rings is 1. The van der Waals surface area contributed by atoms with Gasteiger partial charge in [-0.05, 0) is 31.4 Å². The van der Waals surface area contributed by atoms with Crippen LogP contribution in [0.5, 0.6) is 0 Å². The van der Waals surface area contributed by atoms with Gasteiger partial charge in [-0.15, -0.1) is 11.3 Å². The Morgan fingerprint density at radius 2 is 1.92 bits per heavy atom. The fourth-order valence-electron chi connectivity index (χ4n) is 2.88. The van der Waals surface area contributed by atoms with Gasteiger partial charge >= 0.3 is 0 Å². The highest BCUT2D eigenvalue weighted by atomic mass is 32.1. The number of aromatic nitrogens is 2.